The number of nitrogens with zero attached hydrogens (tertiary/aromatic N) is 2. The van der Waals surface area contributed by atoms with Gasteiger partial charge in [0.15, 0.2) is 0 Å². The van der Waals surface area contributed by atoms with E-state index in [1.807, 2.05) is 24.3 Å². The third-order valence-electron chi connectivity index (χ3n) is 6.24. The minimum Gasteiger partial charge on any atom is -0.368 e. The van der Waals surface area contributed by atoms with Crippen LogP contribution < -0.4 is 10.2 Å². The average molecular weight is 430 g/mol. The maximum atomic E-state index is 13.6. The van der Waals surface area contributed by atoms with Crippen LogP contribution in [0.1, 0.15) is 24.8 Å². The van der Waals surface area contributed by atoms with E-state index in [1.54, 1.807) is 17.0 Å². The number of anilines is 1. The SMILES string of the molecule is O=C(CNC(=O)C1(c2cccc(F)c2)CCC1)N1CCN(c2ccc(Cl)cc2)CC1. The maximum absolute atomic E-state index is 13.6. The Morgan fingerprint density at radius 1 is 1.03 bits per heavy atom. The van der Waals surface area contributed by atoms with Crippen LogP contribution in [0.5, 0.6) is 0 Å². The van der Waals surface area contributed by atoms with Gasteiger partial charge in [0.1, 0.15) is 5.82 Å². The van der Waals surface area contributed by atoms with Gasteiger partial charge in [0.05, 0.1) is 12.0 Å². The fourth-order valence-corrected chi connectivity index (χ4v) is 4.39. The Morgan fingerprint density at radius 3 is 2.33 bits per heavy atom. The van der Waals surface area contributed by atoms with E-state index in [2.05, 4.69) is 10.2 Å². The zero-order valence-corrected chi connectivity index (χ0v) is 17.5. The molecule has 2 amide bonds. The van der Waals surface area contributed by atoms with E-state index in [-0.39, 0.29) is 24.2 Å². The van der Waals surface area contributed by atoms with Gasteiger partial charge < -0.3 is 15.1 Å². The van der Waals surface area contributed by atoms with Crippen molar-refractivity contribution in [2.75, 3.05) is 37.6 Å². The molecule has 0 radical (unpaired) electrons. The molecule has 2 aromatic carbocycles. The lowest BCUT2D eigenvalue weighted by Crippen LogP contribution is -2.54. The Morgan fingerprint density at radius 2 is 1.73 bits per heavy atom. The summed E-state index contributed by atoms with van der Waals surface area (Å²) >= 11 is 5.94. The van der Waals surface area contributed by atoms with Crippen molar-refractivity contribution < 1.29 is 14.0 Å². The van der Waals surface area contributed by atoms with Crippen LogP contribution in [0.15, 0.2) is 48.5 Å². The molecule has 0 unspecified atom stereocenters. The summed E-state index contributed by atoms with van der Waals surface area (Å²) in [5.74, 6) is -0.624. The van der Waals surface area contributed by atoms with Gasteiger partial charge in [-0.3, -0.25) is 9.59 Å². The number of nitrogens with one attached hydrogen (secondary N) is 1. The molecule has 2 fully saturated rings. The van der Waals surface area contributed by atoms with E-state index in [0.29, 0.717) is 36.5 Å². The van der Waals surface area contributed by atoms with Crippen LogP contribution in [-0.4, -0.2) is 49.4 Å². The zero-order chi connectivity index (χ0) is 21.1. The fraction of sp³-hybridized carbons (Fsp3) is 0.391. The highest BCUT2D eigenvalue weighted by Crippen LogP contribution is 2.44. The van der Waals surface area contributed by atoms with Crippen LogP contribution >= 0.6 is 11.6 Å². The number of piperazine rings is 1. The molecule has 1 aliphatic carbocycles. The minimum absolute atomic E-state index is 0.0309. The van der Waals surface area contributed by atoms with E-state index in [1.165, 1.54) is 12.1 Å². The highest BCUT2D eigenvalue weighted by Gasteiger charge is 2.45. The van der Waals surface area contributed by atoms with E-state index in [0.717, 1.165) is 25.2 Å². The molecule has 0 spiro atoms. The molecule has 4 rings (SSSR count). The average Bonchev–Trinajstić information content (AvgIpc) is 2.72. The first-order valence-corrected chi connectivity index (χ1v) is 10.7. The van der Waals surface area contributed by atoms with Gasteiger partial charge in [-0.15, -0.1) is 0 Å². The van der Waals surface area contributed by atoms with Gasteiger partial charge >= 0.3 is 0 Å². The van der Waals surface area contributed by atoms with Crippen LogP contribution in [0.2, 0.25) is 5.02 Å². The van der Waals surface area contributed by atoms with Gasteiger partial charge in [-0.2, -0.15) is 0 Å². The molecule has 1 heterocycles. The number of benzene rings is 2. The third kappa shape index (κ3) is 4.15. The number of hydrogen-bond donors (Lipinski definition) is 1. The molecule has 1 N–H and O–H groups in total. The predicted octanol–water partition coefficient (Wildman–Crippen LogP) is 3.37. The summed E-state index contributed by atoms with van der Waals surface area (Å²) in [7, 11) is 0. The highest BCUT2D eigenvalue weighted by molar-refractivity contribution is 6.30. The van der Waals surface area contributed by atoms with Gasteiger partial charge in [-0.1, -0.05) is 30.2 Å². The third-order valence-corrected chi connectivity index (χ3v) is 6.50. The molecule has 5 nitrogen and oxygen atoms in total. The Kier molecular flexibility index (Phi) is 5.95. The van der Waals surface area contributed by atoms with Gasteiger partial charge in [0.2, 0.25) is 11.8 Å². The van der Waals surface area contributed by atoms with Crippen LogP contribution in [0.25, 0.3) is 0 Å². The number of rotatable bonds is 5. The quantitative estimate of drug-likeness (QED) is 0.792. The minimum atomic E-state index is -0.713. The Balaban J connectivity index is 1.30. The predicted molar refractivity (Wildman–Crippen MR) is 115 cm³/mol. The van der Waals surface area contributed by atoms with Gasteiger partial charge in [0.25, 0.3) is 0 Å². The maximum Gasteiger partial charge on any atom is 0.242 e. The van der Waals surface area contributed by atoms with Crippen molar-refractivity contribution in [2.24, 2.45) is 0 Å². The molecule has 2 aliphatic rings. The summed E-state index contributed by atoms with van der Waals surface area (Å²) in [6.07, 6.45) is 2.27. The first kappa shape index (κ1) is 20.7. The fourth-order valence-electron chi connectivity index (χ4n) is 4.27. The topological polar surface area (TPSA) is 52.7 Å². The lowest BCUT2D eigenvalue weighted by Gasteiger charge is -2.41. The summed E-state index contributed by atoms with van der Waals surface area (Å²) in [4.78, 5) is 29.5. The first-order valence-electron chi connectivity index (χ1n) is 10.3. The van der Waals surface area contributed by atoms with Crippen molar-refractivity contribution in [3.63, 3.8) is 0 Å². The smallest absolute Gasteiger partial charge is 0.242 e. The van der Waals surface area contributed by atoms with Crippen LogP contribution in [0.4, 0.5) is 10.1 Å². The monoisotopic (exact) mass is 429 g/mol. The molecule has 158 valence electrons. The van der Waals surface area contributed by atoms with Gasteiger partial charge in [-0.05, 0) is 54.8 Å². The van der Waals surface area contributed by atoms with Crippen molar-refractivity contribution in [1.29, 1.82) is 0 Å². The van der Waals surface area contributed by atoms with Crippen molar-refractivity contribution in [2.45, 2.75) is 24.7 Å². The molecular formula is C23H25ClFN3O2. The summed E-state index contributed by atoms with van der Waals surface area (Å²) in [6.45, 7) is 2.64. The van der Waals surface area contributed by atoms with E-state index >= 15 is 0 Å². The molecule has 1 saturated carbocycles. The first-order chi connectivity index (χ1) is 14.5. The molecule has 1 saturated heterocycles. The van der Waals surface area contributed by atoms with Crippen LogP contribution in [0, 0.1) is 5.82 Å². The van der Waals surface area contributed by atoms with Crippen molar-refractivity contribution in [3.05, 3.63) is 64.9 Å². The molecule has 0 atom stereocenters. The molecule has 0 aromatic heterocycles. The number of carbonyl (C=O) groups is 2. The van der Waals surface area contributed by atoms with Gasteiger partial charge in [-0.25, -0.2) is 4.39 Å². The second-order valence-corrected chi connectivity index (χ2v) is 8.41. The summed E-state index contributed by atoms with van der Waals surface area (Å²) < 4.78 is 13.6. The van der Waals surface area contributed by atoms with E-state index in [9.17, 15) is 14.0 Å². The lowest BCUT2D eigenvalue weighted by molar-refractivity contribution is -0.136. The Bertz CT molecular complexity index is 922. The van der Waals surface area contributed by atoms with Gasteiger partial charge in [0, 0.05) is 36.9 Å². The molecule has 30 heavy (non-hydrogen) atoms. The highest BCUT2D eigenvalue weighted by atomic mass is 35.5. The number of halogens is 2. The largest absolute Gasteiger partial charge is 0.368 e. The number of hydrogen-bond acceptors (Lipinski definition) is 3. The Labute approximate surface area is 180 Å². The summed E-state index contributed by atoms with van der Waals surface area (Å²) in [5, 5.41) is 3.51. The number of amides is 2. The Hall–Kier alpha value is -2.60. The normalized spacial score (nSPS) is 17.9. The molecule has 1 aliphatic heterocycles. The number of carbonyl (C=O) groups excluding carboxylic acids is 2. The second-order valence-electron chi connectivity index (χ2n) is 7.97. The van der Waals surface area contributed by atoms with Crippen LogP contribution in [0.3, 0.4) is 0 Å². The van der Waals surface area contributed by atoms with Crippen molar-refractivity contribution in [1.82, 2.24) is 10.2 Å². The summed E-state index contributed by atoms with van der Waals surface area (Å²) in [5.41, 5.74) is 1.06. The molecular weight excluding hydrogens is 405 g/mol. The van der Waals surface area contributed by atoms with E-state index in [4.69, 9.17) is 11.6 Å². The van der Waals surface area contributed by atoms with Crippen molar-refractivity contribution in [3.8, 4) is 0 Å². The second kappa shape index (κ2) is 8.64. The lowest BCUT2D eigenvalue weighted by atomic mass is 9.64. The zero-order valence-electron chi connectivity index (χ0n) is 16.7. The molecule has 0 bridgehead atoms. The molecule has 2 aromatic rings. The van der Waals surface area contributed by atoms with Crippen LogP contribution in [-0.2, 0) is 15.0 Å². The van der Waals surface area contributed by atoms with Crippen molar-refractivity contribution >= 4 is 29.1 Å². The van der Waals surface area contributed by atoms with E-state index < -0.39 is 5.41 Å². The standard InChI is InChI=1S/C23H25ClFN3O2/c24-18-5-7-20(8-6-18)27-11-13-28(14-12-27)21(29)16-26-22(30)23(9-2-10-23)17-3-1-4-19(25)15-17/h1,3-8,15H,2,9-14,16H2,(H,26,30). The molecule has 7 heteroatoms. The summed E-state index contributed by atoms with van der Waals surface area (Å²) in [6, 6.07) is 13.9.